The minimum Gasteiger partial charge on any atom is -0.478 e. The molecule has 4 heteroatoms. The molecule has 0 aromatic heterocycles. The number of rotatable bonds is 4. The molecule has 0 aromatic rings. The highest BCUT2D eigenvalue weighted by Crippen LogP contribution is 2.15. The Hall–Kier alpha value is -0.610. The van der Waals surface area contributed by atoms with Gasteiger partial charge in [0.25, 0.3) is 0 Å². The van der Waals surface area contributed by atoms with Gasteiger partial charge < -0.3 is 11.1 Å². The molecule has 1 aliphatic heterocycles. The van der Waals surface area contributed by atoms with E-state index in [0.717, 1.165) is 39.0 Å². The van der Waals surface area contributed by atoms with Crippen LogP contribution in [0.25, 0.3) is 0 Å². The summed E-state index contributed by atoms with van der Waals surface area (Å²) in [5.74, 6) is -0.0247. The number of carbonyl (C=O) groups is 1. The number of amides is 1. The van der Waals surface area contributed by atoms with Crippen LogP contribution in [0.5, 0.6) is 0 Å². The van der Waals surface area contributed by atoms with Crippen molar-refractivity contribution in [2.45, 2.75) is 12.8 Å². The highest BCUT2D eigenvalue weighted by molar-refractivity contribution is 5.76. The molecule has 4 N–H and O–H groups in total. The predicted octanol–water partition coefficient (Wildman–Crippen LogP) is -1.46. The summed E-state index contributed by atoms with van der Waals surface area (Å²) in [5, 5.41) is 1.93. The van der Waals surface area contributed by atoms with Crippen LogP contribution in [-0.4, -0.2) is 37.0 Å². The summed E-state index contributed by atoms with van der Waals surface area (Å²) in [6, 6.07) is 0. The number of primary amides is 1. The van der Waals surface area contributed by atoms with E-state index in [-0.39, 0.29) is 11.8 Å². The lowest BCUT2D eigenvalue weighted by Crippen LogP contribution is -2.78. The summed E-state index contributed by atoms with van der Waals surface area (Å²) in [6.07, 6.45) is 1.85. The van der Waals surface area contributed by atoms with Crippen LogP contribution in [0.1, 0.15) is 12.8 Å². The Morgan fingerprint density at radius 1 is 1.54 bits per heavy atom. The summed E-state index contributed by atoms with van der Waals surface area (Å²) >= 11 is 0. The highest BCUT2D eigenvalue weighted by Gasteiger charge is 2.22. The average molecular weight is 185 g/mol. The van der Waals surface area contributed by atoms with E-state index in [1.54, 1.807) is 0 Å². The topological polar surface area (TPSA) is 62.9 Å². The molecule has 0 unspecified atom stereocenters. The summed E-state index contributed by atoms with van der Waals surface area (Å²) < 4.78 is 0. The maximum atomic E-state index is 10.9. The van der Waals surface area contributed by atoms with Crippen LogP contribution in [0.15, 0.2) is 0 Å². The fraction of sp³-hybridized carbons (Fsp3) is 0.778. The number of nitrogens with two attached hydrogens (primary N) is 2. The first-order valence-corrected chi connectivity index (χ1v) is 4.86. The zero-order chi connectivity index (χ0) is 9.68. The fourth-order valence-corrected chi connectivity index (χ4v) is 1.71. The molecule has 1 fully saturated rings. The zero-order valence-corrected chi connectivity index (χ0v) is 8.04. The molecule has 13 heavy (non-hydrogen) atoms. The van der Waals surface area contributed by atoms with Crippen LogP contribution in [0.4, 0.5) is 0 Å². The number of nitrogens with zero attached hydrogens (tertiary/aromatic N) is 1. The van der Waals surface area contributed by atoms with E-state index in [4.69, 9.17) is 5.73 Å². The van der Waals surface area contributed by atoms with Gasteiger partial charge in [0, 0.05) is 12.5 Å². The number of carbonyl (C=O) groups excluding carboxylic acids is 1. The molecule has 1 rings (SSSR count). The summed E-state index contributed by atoms with van der Waals surface area (Å²) in [7, 11) is 3.69. The Labute approximate surface area is 79.5 Å². The van der Waals surface area contributed by atoms with Gasteiger partial charge in [-0.15, -0.1) is 0 Å². The third-order valence-electron chi connectivity index (χ3n) is 2.64. The third kappa shape index (κ3) is 3.32. The maximum Gasteiger partial charge on any atom is 0.220 e. The normalized spacial score (nSPS) is 20.4. The van der Waals surface area contributed by atoms with Crippen molar-refractivity contribution in [3.63, 3.8) is 0 Å². The van der Waals surface area contributed by atoms with Crippen molar-refractivity contribution in [1.29, 1.82) is 0 Å². The molecule has 1 aliphatic rings. The van der Waals surface area contributed by atoms with Crippen LogP contribution in [-0.2, 0) is 4.79 Å². The van der Waals surface area contributed by atoms with Crippen LogP contribution >= 0.6 is 0 Å². The van der Waals surface area contributed by atoms with E-state index in [1.165, 1.54) is 0 Å². The fourth-order valence-electron chi connectivity index (χ4n) is 1.71. The Morgan fingerprint density at radius 3 is 2.62 bits per heavy atom. The lowest BCUT2D eigenvalue weighted by atomic mass is 9.96. The molecule has 4 nitrogen and oxygen atoms in total. The number of hydrogen-bond donors (Lipinski definition) is 2. The molecular weight excluding hydrogens is 166 g/mol. The molecule has 0 bridgehead atoms. The van der Waals surface area contributed by atoms with E-state index in [0.29, 0.717) is 0 Å². The van der Waals surface area contributed by atoms with E-state index in [9.17, 15) is 4.79 Å². The van der Waals surface area contributed by atoms with Gasteiger partial charge in [-0.3, -0.25) is 9.69 Å². The van der Waals surface area contributed by atoms with Crippen LogP contribution in [0.2, 0.25) is 0 Å². The van der Waals surface area contributed by atoms with Gasteiger partial charge in [0.1, 0.15) is 0 Å². The Balaban J connectivity index is 2.18. The van der Waals surface area contributed by atoms with E-state index < -0.39 is 0 Å². The third-order valence-corrected chi connectivity index (χ3v) is 2.64. The number of hydrogen-bond acceptors (Lipinski definition) is 2. The van der Waals surface area contributed by atoms with E-state index in [1.807, 2.05) is 5.32 Å². The van der Waals surface area contributed by atoms with Crippen molar-refractivity contribution in [3.05, 3.63) is 7.05 Å². The van der Waals surface area contributed by atoms with Gasteiger partial charge in [-0.1, -0.05) is 0 Å². The molecule has 0 spiro atoms. The smallest absolute Gasteiger partial charge is 0.220 e. The van der Waals surface area contributed by atoms with Crippen molar-refractivity contribution in [1.82, 2.24) is 4.90 Å². The molecular formula is C9H19N3O. The summed E-state index contributed by atoms with van der Waals surface area (Å²) in [4.78, 5) is 13.2. The standard InChI is InChI=1S/C9H19N3O/c1-11-4-7-12-5-2-8(3-6-12)9(10)13/h8H,1-7,11H2,(H2,10,13). The highest BCUT2D eigenvalue weighted by atomic mass is 16.1. The van der Waals surface area contributed by atoms with Crippen molar-refractivity contribution >= 4 is 5.91 Å². The zero-order valence-electron chi connectivity index (χ0n) is 8.04. The maximum absolute atomic E-state index is 10.9. The van der Waals surface area contributed by atoms with Crippen molar-refractivity contribution in [2.75, 3.05) is 26.2 Å². The molecule has 0 aliphatic carbocycles. The molecule has 76 valence electrons. The number of quaternary nitrogens is 1. The molecule has 1 heterocycles. The van der Waals surface area contributed by atoms with Crippen LogP contribution < -0.4 is 11.1 Å². The summed E-state index contributed by atoms with van der Waals surface area (Å²) in [5.41, 5.74) is 5.24. The van der Waals surface area contributed by atoms with Gasteiger partial charge >= 0.3 is 0 Å². The molecule has 0 radical (unpaired) electrons. The number of likely N-dealkylation sites (tertiary alicyclic amines) is 1. The second-order valence-corrected chi connectivity index (χ2v) is 3.60. The molecule has 0 aromatic carbocycles. The van der Waals surface area contributed by atoms with Gasteiger partial charge in [-0.2, -0.15) is 7.05 Å². The first-order valence-electron chi connectivity index (χ1n) is 4.86. The average Bonchev–Trinajstić information content (AvgIpc) is 2.15. The molecule has 0 atom stereocenters. The predicted molar refractivity (Wildman–Crippen MR) is 50.5 cm³/mol. The van der Waals surface area contributed by atoms with Crippen molar-refractivity contribution in [3.8, 4) is 0 Å². The Bertz CT molecular complexity index is 164. The molecule has 0 saturated carbocycles. The van der Waals surface area contributed by atoms with Crippen molar-refractivity contribution in [2.24, 2.45) is 11.7 Å². The quantitative estimate of drug-likeness (QED) is 0.526. The lowest BCUT2D eigenvalue weighted by molar-refractivity contribution is -0.595. The second-order valence-electron chi connectivity index (χ2n) is 3.60. The monoisotopic (exact) mass is 185 g/mol. The molecule has 1 saturated heterocycles. The minimum atomic E-state index is -0.136. The summed E-state index contributed by atoms with van der Waals surface area (Å²) in [6.45, 7) is 4.10. The Morgan fingerprint density at radius 2 is 2.15 bits per heavy atom. The van der Waals surface area contributed by atoms with Crippen LogP contribution in [0.3, 0.4) is 0 Å². The van der Waals surface area contributed by atoms with Gasteiger partial charge in [0.15, 0.2) is 0 Å². The Kier molecular flexibility index (Phi) is 4.18. The lowest BCUT2D eigenvalue weighted by Gasteiger charge is -2.29. The van der Waals surface area contributed by atoms with Crippen molar-refractivity contribution < 1.29 is 10.1 Å². The van der Waals surface area contributed by atoms with E-state index in [2.05, 4.69) is 11.9 Å². The van der Waals surface area contributed by atoms with Gasteiger partial charge in [-0.05, 0) is 25.9 Å². The number of piperidine rings is 1. The first-order chi connectivity index (χ1) is 6.24. The second kappa shape index (κ2) is 5.19. The van der Waals surface area contributed by atoms with Crippen LogP contribution in [0, 0.1) is 13.0 Å². The molecule has 1 amide bonds. The SMILES string of the molecule is [CH2-][NH2+]CCN1CCC(C(N)=O)CC1. The van der Waals surface area contributed by atoms with Gasteiger partial charge in [0.2, 0.25) is 5.91 Å². The first kappa shape index (κ1) is 10.5. The minimum absolute atomic E-state index is 0.111. The largest absolute Gasteiger partial charge is 0.478 e. The van der Waals surface area contributed by atoms with Gasteiger partial charge in [0.05, 0.1) is 6.54 Å². The van der Waals surface area contributed by atoms with Gasteiger partial charge in [-0.25, -0.2) is 0 Å². The van der Waals surface area contributed by atoms with E-state index >= 15 is 0 Å².